The first-order chi connectivity index (χ1) is 17.7. The van der Waals surface area contributed by atoms with Gasteiger partial charge in [0.25, 0.3) is 0 Å². The number of nitrogens with zero attached hydrogens (tertiary/aromatic N) is 1. The second kappa shape index (κ2) is 14.0. The molecule has 0 aromatic heterocycles. The van der Waals surface area contributed by atoms with E-state index in [9.17, 15) is 18.4 Å². The van der Waals surface area contributed by atoms with Gasteiger partial charge in [-0.15, -0.1) is 0 Å². The minimum absolute atomic E-state index is 0.0478. The quantitative estimate of drug-likeness (QED) is 0.422. The number of piperidine rings is 1. The molecule has 1 saturated carbocycles. The fraction of sp³-hybridized carbons (Fsp3) is 0.714. The van der Waals surface area contributed by atoms with Crippen molar-refractivity contribution in [3.8, 4) is 0 Å². The lowest BCUT2D eigenvalue weighted by Gasteiger charge is -2.39. The molecule has 1 aromatic rings. The number of hydrogen-bond donors (Lipinski definition) is 3. The van der Waals surface area contributed by atoms with Crippen molar-refractivity contribution in [2.75, 3.05) is 26.7 Å². The molecule has 0 spiro atoms. The zero-order valence-corrected chi connectivity index (χ0v) is 22.7. The van der Waals surface area contributed by atoms with E-state index in [-0.39, 0.29) is 48.2 Å². The Labute approximate surface area is 220 Å². The topological polar surface area (TPSA) is 82.7 Å². The number of hydrogen-bond acceptors (Lipinski definition) is 4. The number of likely N-dealkylation sites (N-methyl/N-ethyl adjacent to an activating group) is 1. The number of amides is 3. The molecule has 2 fully saturated rings. The second-order valence-electron chi connectivity index (χ2n) is 10.9. The highest BCUT2D eigenvalue weighted by Crippen LogP contribution is 2.35. The number of carbonyl (C=O) groups is 2. The summed E-state index contributed by atoms with van der Waals surface area (Å²) in [5.41, 5.74) is 0.0746. The normalized spacial score (nSPS) is 21.4. The minimum atomic E-state index is -0.976. The smallest absolute Gasteiger partial charge is 0.317 e. The van der Waals surface area contributed by atoms with Gasteiger partial charge in [0.1, 0.15) is 6.61 Å². The molecular formula is C28H44F2N4O3. The number of ether oxygens (including phenoxy) is 1. The highest BCUT2D eigenvalue weighted by Gasteiger charge is 2.35. The Morgan fingerprint density at radius 2 is 1.73 bits per heavy atom. The lowest BCUT2D eigenvalue weighted by Crippen LogP contribution is -2.55. The molecule has 2 aliphatic rings. The first kappa shape index (κ1) is 29.3. The summed E-state index contributed by atoms with van der Waals surface area (Å²) >= 11 is 0. The van der Waals surface area contributed by atoms with Gasteiger partial charge in [-0.05, 0) is 65.5 Å². The average molecular weight is 523 g/mol. The largest absolute Gasteiger partial charge is 0.363 e. The molecule has 1 aromatic carbocycles. The standard InChI is InChI=1S/C28H44F2N4O3/c1-18(2)32-24(35)17-37-27(22-13-8-14-23(29)25(22)30)21-12-9-15-34(16-21)28(36)33-19(3)26(31-4)20-10-6-5-7-11-20/h8,13-14,18-21,26-27,31H,5-7,9-12,15-17H2,1-4H3,(H,32,35)(H,33,36)/t19-,21+,26?,27+/m0/s1. The number of likely N-dealkylation sites (tertiary alicyclic amines) is 1. The molecule has 3 amide bonds. The van der Waals surface area contributed by atoms with Crippen LogP contribution in [0.4, 0.5) is 13.6 Å². The van der Waals surface area contributed by atoms with Crippen molar-refractivity contribution in [2.24, 2.45) is 11.8 Å². The molecule has 3 rings (SSSR count). The van der Waals surface area contributed by atoms with Gasteiger partial charge in [-0.2, -0.15) is 0 Å². The van der Waals surface area contributed by atoms with E-state index in [4.69, 9.17) is 4.74 Å². The molecule has 3 N–H and O–H groups in total. The van der Waals surface area contributed by atoms with E-state index in [1.54, 1.807) is 4.90 Å². The number of carbonyl (C=O) groups excluding carboxylic acids is 2. The van der Waals surface area contributed by atoms with Crippen molar-refractivity contribution < 1.29 is 23.1 Å². The maximum Gasteiger partial charge on any atom is 0.317 e. The van der Waals surface area contributed by atoms with Crippen LogP contribution in [0.2, 0.25) is 0 Å². The summed E-state index contributed by atoms with van der Waals surface area (Å²) in [5.74, 6) is -2.00. The number of rotatable bonds is 10. The predicted octanol–water partition coefficient (Wildman–Crippen LogP) is 4.53. The fourth-order valence-corrected chi connectivity index (χ4v) is 5.95. The molecule has 1 unspecified atom stereocenters. The summed E-state index contributed by atoms with van der Waals surface area (Å²) < 4.78 is 34.8. The van der Waals surface area contributed by atoms with Crippen molar-refractivity contribution in [1.82, 2.24) is 20.9 Å². The van der Waals surface area contributed by atoms with E-state index in [1.807, 2.05) is 27.8 Å². The van der Waals surface area contributed by atoms with Gasteiger partial charge in [0.2, 0.25) is 5.91 Å². The highest BCUT2D eigenvalue weighted by atomic mass is 19.2. The molecule has 9 heteroatoms. The third kappa shape index (κ3) is 8.11. The molecule has 0 bridgehead atoms. The van der Waals surface area contributed by atoms with Gasteiger partial charge in [-0.1, -0.05) is 31.4 Å². The number of halogens is 2. The van der Waals surface area contributed by atoms with Gasteiger partial charge >= 0.3 is 6.03 Å². The monoisotopic (exact) mass is 522 g/mol. The Morgan fingerprint density at radius 1 is 1.03 bits per heavy atom. The molecule has 37 heavy (non-hydrogen) atoms. The van der Waals surface area contributed by atoms with Crippen molar-refractivity contribution in [2.45, 2.75) is 89.9 Å². The molecule has 1 aliphatic heterocycles. The molecular weight excluding hydrogens is 478 g/mol. The molecule has 208 valence electrons. The van der Waals surface area contributed by atoms with E-state index in [2.05, 4.69) is 16.0 Å². The van der Waals surface area contributed by atoms with Crippen LogP contribution in [0.25, 0.3) is 0 Å². The molecule has 7 nitrogen and oxygen atoms in total. The van der Waals surface area contributed by atoms with Crippen LogP contribution < -0.4 is 16.0 Å². The Hall–Kier alpha value is -2.26. The number of urea groups is 1. The molecule has 1 heterocycles. The van der Waals surface area contributed by atoms with Crippen LogP contribution in [0.15, 0.2) is 18.2 Å². The predicted molar refractivity (Wildman–Crippen MR) is 140 cm³/mol. The zero-order chi connectivity index (χ0) is 26.9. The van der Waals surface area contributed by atoms with E-state index < -0.39 is 17.7 Å². The van der Waals surface area contributed by atoms with Crippen LogP contribution in [0, 0.1) is 23.5 Å². The Kier molecular flexibility index (Phi) is 11.1. The Bertz CT molecular complexity index is 894. The van der Waals surface area contributed by atoms with Crippen LogP contribution in [-0.4, -0.2) is 61.7 Å². The highest BCUT2D eigenvalue weighted by molar-refractivity contribution is 5.77. The summed E-state index contributed by atoms with van der Waals surface area (Å²) in [6.07, 6.45) is 6.59. The van der Waals surface area contributed by atoms with Gasteiger partial charge in [-0.25, -0.2) is 13.6 Å². The zero-order valence-electron chi connectivity index (χ0n) is 22.7. The summed E-state index contributed by atoms with van der Waals surface area (Å²) in [6.45, 7) is 6.36. The molecule has 1 aliphatic carbocycles. The number of benzene rings is 1. The first-order valence-corrected chi connectivity index (χ1v) is 13.8. The molecule has 0 radical (unpaired) electrons. The fourth-order valence-electron chi connectivity index (χ4n) is 5.95. The average Bonchev–Trinajstić information content (AvgIpc) is 2.87. The van der Waals surface area contributed by atoms with Gasteiger partial charge in [-0.3, -0.25) is 4.79 Å². The lowest BCUT2D eigenvalue weighted by atomic mass is 9.81. The third-order valence-electron chi connectivity index (χ3n) is 7.69. The van der Waals surface area contributed by atoms with Crippen LogP contribution >= 0.6 is 0 Å². The Balaban J connectivity index is 1.70. The summed E-state index contributed by atoms with van der Waals surface area (Å²) in [4.78, 5) is 27.3. The maximum atomic E-state index is 14.8. The van der Waals surface area contributed by atoms with Crippen LogP contribution in [0.3, 0.4) is 0 Å². The molecule has 4 atom stereocenters. The first-order valence-electron chi connectivity index (χ1n) is 13.8. The van der Waals surface area contributed by atoms with Gasteiger partial charge in [0, 0.05) is 42.7 Å². The second-order valence-corrected chi connectivity index (χ2v) is 10.9. The molecule has 1 saturated heterocycles. The van der Waals surface area contributed by atoms with E-state index in [0.717, 1.165) is 6.07 Å². The van der Waals surface area contributed by atoms with E-state index in [0.29, 0.717) is 31.8 Å². The Morgan fingerprint density at radius 3 is 2.41 bits per heavy atom. The summed E-state index contributed by atoms with van der Waals surface area (Å²) in [5, 5.41) is 9.35. The van der Waals surface area contributed by atoms with Gasteiger partial charge in [0.15, 0.2) is 11.6 Å². The third-order valence-corrected chi connectivity index (χ3v) is 7.69. The van der Waals surface area contributed by atoms with Crippen LogP contribution in [-0.2, 0) is 9.53 Å². The lowest BCUT2D eigenvalue weighted by molar-refractivity contribution is -0.130. The summed E-state index contributed by atoms with van der Waals surface area (Å²) in [7, 11) is 1.95. The van der Waals surface area contributed by atoms with E-state index in [1.165, 1.54) is 44.2 Å². The van der Waals surface area contributed by atoms with E-state index >= 15 is 0 Å². The summed E-state index contributed by atoms with van der Waals surface area (Å²) in [6, 6.07) is 3.92. The minimum Gasteiger partial charge on any atom is -0.363 e. The van der Waals surface area contributed by atoms with Crippen molar-refractivity contribution >= 4 is 11.9 Å². The van der Waals surface area contributed by atoms with Crippen molar-refractivity contribution in [1.29, 1.82) is 0 Å². The van der Waals surface area contributed by atoms with Crippen molar-refractivity contribution in [3.63, 3.8) is 0 Å². The number of nitrogens with one attached hydrogen (secondary N) is 3. The maximum absolute atomic E-state index is 14.8. The SMILES string of the molecule is CNC(C1CCCCC1)[C@H](C)NC(=O)N1CCC[C@@H]([C@@H](OCC(=O)NC(C)C)c2cccc(F)c2F)C1. The van der Waals surface area contributed by atoms with Gasteiger partial charge < -0.3 is 25.6 Å². The van der Waals surface area contributed by atoms with Crippen molar-refractivity contribution in [3.05, 3.63) is 35.4 Å². The van der Waals surface area contributed by atoms with Gasteiger partial charge in [0.05, 0.1) is 6.10 Å². The van der Waals surface area contributed by atoms with Crippen LogP contribution in [0.5, 0.6) is 0 Å². The van der Waals surface area contributed by atoms with Crippen LogP contribution in [0.1, 0.15) is 77.4 Å².